The number of carbonyl (C=O) groups is 1. The lowest BCUT2D eigenvalue weighted by Gasteiger charge is -2.44. The molecule has 1 aromatic rings. The number of quaternary nitrogens is 2. The Labute approximate surface area is 256 Å². The fourth-order valence-corrected chi connectivity index (χ4v) is 7.54. The summed E-state index contributed by atoms with van der Waals surface area (Å²) in [4.78, 5) is 13.0. The lowest BCUT2D eigenvalue weighted by molar-refractivity contribution is -0.996. The highest BCUT2D eigenvalue weighted by atomic mass is 16.8. The van der Waals surface area contributed by atoms with Crippen molar-refractivity contribution < 1.29 is 30.4 Å². The molecule has 3 fully saturated rings. The van der Waals surface area contributed by atoms with E-state index in [2.05, 4.69) is 65.5 Å². The maximum atomic E-state index is 13.0. The maximum absolute atomic E-state index is 13.0. The standard InChI is InChI=1S/C35H50N2O6/c1-22(2)23(3)9-10-25(5)32-15-16-33-26(8-7-17-35(32,33)6)12-13-27-20-31(14-11-24(27)4)43-34(38)28-18-29(36(39)40)21-30(19-28)37(41)42/h9-10,12-13,18-19,21-23,25,31-33,36-37,39,41H,4,7-8,11,14-17,20H2,1-3,5-6H3/t23-,25+,31-,32-,33-,35-/m1/s1. The molecular formula is C35H50N2O6. The fourth-order valence-electron chi connectivity index (χ4n) is 7.54. The zero-order valence-electron chi connectivity index (χ0n) is 26.4. The summed E-state index contributed by atoms with van der Waals surface area (Å²) in [7, 11) is 0. The van der Waals surface area contributed by atoms with E-state index in [-0.39, 0.29) is 16.9 Å². The van der Waals surface area contributed by atoms with Gasteiger partial charge in [-0.2, -0.15) is 10.5 Å². The summed E-state index contributed by atoms with van der Waals surface area (Å²) in [5.41, 5.74) is 3.34. The molecule has 43 heavy (non-hydrogen) atoms. The van der Waals surface area contributed by atoms with Crippen molar-refractivity contribution in [1.82, 2.24) is 0 Å². The van der Waals surface area contributed by atoms with E-state index in [4.69, 9.17) is 4.74 Å². The van der Waals surface area contributed by atoms with Crippen LogP contribution in [0.25, 0.3) is 0 Å². The Morgan fingerprint density at radius 2 is 1.70 bits per heavy atom. The molecule has 1 aromatic carbocycles. The van der Waals surface area contributed by atoms with Crippen molar-refractivity contribution >= 4 is 17.3 Å². The summed E-state index contributed by atoms with van der Waals surface area (Å²) in [5.74, 6) is 2.34. The first-order valence-corrected chi connectivity index (χ1v) is 15.9. The van der Waals surface area contributed by atoms with Gasteiger partial charge < -0.3 is 15.2 Å². The van der Waals surface area contributed by atoms with Crippen molar-refractivity contribution in [2.24, 2.45) is 35.0 Å². The van der Waals surface area contributed by atoms with E-state index in [9.17, 15) is 25.6 Å². The Morgan fingerprint density at radius 3 is 2.33 bits per heavy atom. The largest absolute Gasteiger partial charge is 0.595 e. The second-order valence-electron chi connectivity index (χ2n) is 13.7. The van der Waals surface area contributed by atoms with Gasteiger partial charge in [0.1, 0.15) is 6.10 Å². The molecule has 8 atom stereocenters. The third kappa shape index (κ3) is 7.74. The van der Waals surface area contributed by atoms with E-state index in [1.54, 1.807) is 0 Å². The number of fused-ring (bicyclic) bond motifs is 1. The number of allylic oxidation sites excluding steroid dienone is 6. The van der Waals surface area contributed by atoms with Gasteiger partial charge in [0.15, 0.2) is 11.4 Å². The van der Waals surface area contributed by atoms with Crippen molar-refractivity contribution in [1.29, 1.82) is 0 Å². The van der Waals surface area contributed by atoms with Gasteiger partial charge in [0.2, 0.25) is 0 Å². The monoisotopic (exact) mass is 594 g/mol. The lowest BCUT2D eigenvalue weighted by atomic mass is 9.61. The van der Waals surface area contributed by atoms with Crippen LogP contribution in [0.4, 0.5) is 11.4 Å². The van der Waals surface area contributed by atoms with E-state index in [1.165, 1.54) is 31.3 Å². The summed E-state index contributed by atoms with van der Waals surface area (Å²) >= 11 is 0. The molecule has 0 bridgehead atoms. The van der Waals surface area contributed by atoms with Crippen LogP contribution in [0.1, 0.15) is 96.3 Å². The summed E-state index contributed by atoms with van der Waals surface area (Å²) in [6.45, 7) is 16.1. The minimum Gasteiger partial charge on any atom is -0.595 e. The lowest BCUT2D eigenvalue weighted by Crippen LogP contribution is -3.00. The van der Waals surface area contributed by atoms with Gasteiger partial charge >= 0.3 is 5.97 Å². The molecule has 3 saturated carbocycles. The van der Waals surface area contributed by atoms with Gasteiger partial charge in [-0.25, -0.2) is 15.2 Å². The molecule has 3 aliphatic rings. The third-order valence-corrected chi connectivity index (χ3v) is 10.5. The Bertz CT molecular complexity index is 1240. The number of carbonyl (C=O) groups excluding carboxylic acids is 1. The van der Waals surface area contributed by atoms with Crippen molar-refractivity contribution in [3.63, 3.8) is 0 Å². The Balaban J connectivity index is 1.46. The molecule has 4 rings (SSSR count). The molecule has 2 unspecified atom stereocenters. The highest BCUT2D eigenvalue weighted by Gasteiger charge is 2.50. The van der Waals surface area contributed by atoms with Crippen LogP contribution >= 0.6 is 0 Å². The topological polar surface area (TPSA) is 122 Å². The fraction of sp³-hybridized carbons (Fsp3) is 0.571. The molecule has 0 heterocycles. The normalized spacial score (nSPS) is 30.9. The Hall–Kier alpha value is -2.59. The Kier molecular flexibility index (Phi) is 10.9. The number of hydrogen-bond acceptors (Lipinski definition) is 6. The van der Waals surface area contributed by atoms with Crippen molar-refractivity contribution in [3.8, 4) is 0 Å². The summed E-state index contributed by atoms with van der Waals surface area (Å²) in [6, 6.07) is 3.36. The van der Waals surface area contributed by atoms with Crippen molar-refractivity contribution in [2.45, 2.75) is 92.1 Å². The van der Waals surface area contributed by atoms with Gasteiger partial charge in [0.05, 0.1) is 11.6 Å². The first-order valence-electron chi connectivity index (χ1n) is 15.9. The molecule has 0 saturated heterocycles. The van der Waals surface area contributed by atoms with Crippen LogP contribution in [0.3, 0.4) is 0 Å². The van der Waals surface area contributed by atoms with Gasteiger partial charge in [0, 0.05) is 18.6 Å². The highest BCUT2D eigenvalue weighted by molar-refractivity contribution is 5.91. The first-order chi connectivity index (χ1) is 20.3. The molecule has 0 aliphatic heterocycles. The SMILES string of the molecule is C=C1CC[C@@H](OC(=O)c2cc([NH+]([O-])O)cc([NH+]([O-])O)c2)CC1=CC=C1CCC[C@@]2(C)[C@@H]1CC[C@@H]2[C@@H](C)C=C[C@@H](C)C(C)C. The van der Waals surface area contributed by atoms with Crippen LogP contribution in [0.15, 0.2) is 65.8 Å². The molecule has 8 nitrogen and oxygen atoms in total. The van der Waals surface area contributed by atoms with Crippen molar-refractivity contribution in [3.05, 3.63) is 81.8 Å². The number of hydrogen-bond donors (Lipinski definition) is 4. The molecule has 0 amide bonds. The van der Waals surface area contributed by atoms with Crippen LogP contribution in [-0.4, -0.2) is 22.5 Å². The molecule has 0 radical (unpaired) electrons. The zero-order valence-corrected chi connectivity index (χ0v) is 26.4. The smallest absolute Gasteiger partial charge is 0.338 e. The van der Waals surface area contributed by atoms with Crippen LogP contribution < -0.4 is 10.5 Å². The van der Waals surface area contributed by atoms with E-state index < -0.39 is 22.5 Å². The number of benzene rings is 1. The molecule has 0 spiro atoms. The van der Waals surface area contributed by atoms with E-state index in [1.807, 2.05) is 0 Å². The highest BCUT2D eigenvalue weighted by Crippen LogP contribution is 2.59. The van der Waals surface area contributed by atoms with E-state index >= 15 is 0 Å². The third-order valence-electron chi connectivity index (χ3n) is 10.5. The quantitative estimate of drug-likeness (QED) is 0.151. The predicted octanol–water partition coefficient (Wildman–Crippen LogP) is 6.31. The van der Waals surface area contributed by atoms with Crippen LogP contribution in [0, 0.1) is 45.4 Å². The summed E-state index contributed by atoms with van der Waals surface area (Å²) < 4.78 is 5.76. The van der Waals surface area contributed by atoms with E-state index in [0.29, 0.717) is 54.3 Å². The van der Waals surface area contributed by atoms with Crippen molar-refractivity contribution in [2.75, 3.05) is 0 Å². The van der Waals surface area contributed by atoms with E-state index in [0.717, 1.165) is 35.8 Å². The van der Waals surface area contributed by atoms with Gasteiger partial charge in [-0.3, -0.25) is 0 Å². The minimum atomic E-state index is -1.30. The van der Waals surface area contributed by atoms with Crippen LogP contribution in [-0.2, 0) is 4.74 Å². The molecular weight excluding hydrogens is 544 g/mol. The molecule has 4 N–H and O–H groups in total. The van der Waals surface area contributed by atoms with Gasteiger partial charge in [0.25, 0.3) is 0 Å². The average molecular weight is 595 g/mol. The molecule has 3 aliphatic carbocycles. The number of esters is 1. The number of ether oxygens (including phenoxy) is 1. The number of rotatable bonds is 9. The second kappa shape index (κ2) is 14.0. The summed E-state index contributed by atoms with van der Waals surface area (Å²) in [6.07, 6.45) is 16.9. The second-order valence-corrected chi connectivity index (χ2v) is 13.7. The molecule has 236 valence electrons. The van der Waals surface area contributed by atoms with Gasteiger partial charge in [-0.1, -0.05) is 76.6 Å². The minimum absolute atomic E-state index is 0.0747. The molecule has 0 aromatic heterocycles. The first kappa shape index (κ1) is 33.3. The van der Waals surface area contributed by atoms with Crippen LogP contribution in [0.2, 0.25) is 0 Å². The van der Waals surface area contributed by atoms with Gasteiger partial charge in [-0.05, 0) is 85.5 Å². The maximum Gasteiger partial charge on any atom is 0.338 e. The van der Waals surface area contributed by atoms with Crippen LogP contribution in [0.5, 0.6) is 0 Å². The van der Waals surface area contributed by atoms with Gasteiger partial charge in [-0.15, -0.1) is 0 Å². The average Bonchev–Trinajstić information content (AvgIpc) is 3.33. The Morgan fingerprint density at radius 1 is 1.02 bits per heavy atom. The predicted molar refractivity (Wildman–Crippen MR) is 167 cm³/mol. The zero-order chi connectivity index (χ0) is 31.5. The molecule has 8 heteroatoms. The summed E-state index contributed by atoms with van der Waals surface area (Å²) in [5, 5.41) is 39.0. The number of nitrogens with one attached hydrogen (secondary N) is 2.